The van der Waals surface area contributed by atoms with Crippen molar-refractivity contribution in [3.63, 3.8) is 0 Å². The normalized spacial score (nSPS) is 10.6. The van der Waals surface area contributed by atoms with E-state index in [0.29, 0.717) is 6.54 Å². The number of aromatic nitrogens is 1. The number of nitrogens with one attached hydrogen (secondary N) is 3. The second kappa shape index (κ2) is 6.66. The predicted octanol–water partition coefficient (Wildman–Crippen LogP) is 4.29. The van der Waals surface area contributed by atoms with Gasteiger partial charge in [-0.15, -0.1) is 0 Å². The van der Waals surface area contributed by atoms with Gasteiger partial charge in [0.2, 0.25) is 0 Å². The summed E-state index contributed by atoms with van der Waals surface area (Å²) in [6.07, 6.45) is 2.68. The highest BCUT2D eigenvalue weighted by molar-refractivity contribution is 9.10. The minimum absolute atomic E-state index is 0.192. The minimum atomic E-state index is -0.192. The monoisotopic (exact) mass is 357 g/mol. The summed E-state index contributed by atoms with van der Waals surface area (Å²) in [4.78, 5) is 15.0. The number of rotatable bonds is 4. The van der Waals surface area contributed by atoms with Gasteiger partial charge in [0.15, 0.2) is 0 Å². The quantitative estimate of drug-likeness (QED) is 0.640. The molecule has 4 nitrogen and oxygen atoms in total. The molecule has 0 spiro atoms. The molecule has 112 valence electrons. The highest BCUT2D eigenvalue weighted by atomic mass is 79.9. The minimum Gasteiger partial charge on any atom is -0.361 e. The number of aromatic amines is 1. The molecular weight excluding hydrogens is 342 g/mol. The lowest BCUT2D eigenvalue weighted by molar-refractivity contribution is 0.252. The summed E-state index contributed by atoms with van der Waals surface area (Å²) >= 11 is 3.41. The molecule has 5 heteroatoms. The van der Waals surface area contributed by atoms with Crippen LogP contribution in [0.15, 0.2) is 59.2 Å². The zero-order chi connectivity index (χ0) is 15.4. The summed E-state index contributed by atoms with van der Waals surface area (Å²) in [6, 6.07) is 15.7. The van der Waals surface area contributed by atoms with E-state index < -0.39 is 0 Å². The molecule has 3 aromatic rings. The van der Waals surface area contributed by atoms with E-state index in [-0.39, 0.29) is 6.03 Å². The molecule has 0 saturated carbocycles. The molecule has 0 aliphatic carbocycles. The van der Waals surface area contributed by atoms with Crippen LogP contribution in [0.1, 0.15) is 5.56 Å². The standard InChI is InChI=1S/C17H16BrN3O/c18-14-4-1-12(2-5-14)7-9-20-17(22)21-15-6-3-13-8-10-19-16(13)11-15/h1-6,8,10-11,19H,7,9H2,(H2,20,21,22). The molecule has 3 N–H and O–H groups in total. The zero-order valence-electron chi connectivity index (χ0n) is 11.9. The maximum atomic E-state index is 11.9. The van der Waals surface area contributed by atoms with Crippen LogP contribution in [0, 0.1) is 0 Å². The number of carbonyl (C=O) groups is 1. The van der Waals surface area contributed by atoms with Gasteiger partial charge in [0.25, 0.3) is 0 Å². The molecule has 0 radical (unpaired) electrons. The lowest BCUT2D eigenvalue weighted by atomic mass is 10.1. The summed E-state index contributed by atoms with van der Waals surface area (Å²) in [5.74, 6) is 0. The topological polar surface area (TPSA) is 56.9 Å². The van der Waals surface area contributed by atoms with Crippen LogP contribution in [-0.2, 0) is 6.42 Å². The van der Waals surface area contributed by atoms with Crippen molar-refractivity contribution >= 4 is 38.6 Å². The SMILES string of the molecule is O=C(NCCc1ccc(Br)cc1)Nc1ccc2cc[nH]c2c1. The van der Waals surface area contributed by atoms with E-state index in [4.69, 9.17) is 0 Å². The average molecular weight is 358 g/mol. The Morgan fingerprint density at radius 3 is 2.73 bits per heavy atom. The first-order chi connectivity index (χ1) is 10.7. The number of fused-ring (bicyclic) bond motifs is 1. The van der Waals surface area contributed by atoms with Gasteiger partial charge in [-0.3, -0.25) is 0 Å². The number of hydrogen-bond acceptors (Lipinski definition) is 1. The van der Waals surface area contributed by atoms with Gasteiger partial charge in [-0.1, -0.05) is 34.1 Å². The molecule has 2 aromatic carbocycles. The van der Waals surface area contributed by atoms with E-state index in [2.05, 4.69) is 31.5 Å². The summed E-state index contributed by atoms with van der Waals surface area (Å²) in [6.45, 7) is 0.595. The van der Waals surface area contributed by atoms with Gasteiger partial charge in [0.05, 0.1) is 0 Å². The first-order valence-electron chi connectivity index (χ1n) is 7.07. The van der Waals surface area contributed by atoms with Crippen molar-refractivity contribution < 1.29 is 4.79 Å². The fourth-order valence-electron chi connectivity index (χ4n) is 2.27. The lowest BCUT2D eigenvalue weighted by Gasteiger charge is -2.08. The van der Waals surface area contributed by atoms with Crippen LogP contribution in [0.5, 0.6) is 0 Å². The lowest BCUT2D eigenvalue weighted by Crippen LogP contribution is -2.30. The van der Waals surface area contributed by atoms with Crippen LogP contribution < -0.4 is 10.6 Å². The Kier molecular flexibility index (Phi) is 4.44. The Balaban J connectivity index is 1.50. The van der Waals surface area contributed by atoms with Gasteiger partial charge in [-0.2, -0.15) is 0 Å². The second-order valence-electron chi connectivity index (χ2n) is 5.04. The molecule has 0 fully saturated rings. The van der Waals surface area contributed by atoms with E-state index in [1.165, 1.54) is 5.56 Å². The number of urea groups is 1. The van der Waals surface area contributed by atoms with Crippen LogP contribution in [0.3, 0.4) is 0 Å². The molecule has 0 saturated heterocycles. The number of amides is 2. The number of anilines is 1. The van der Waals surface area contributed by atoms with Crippen molar-refractivity contribution in [1.29, 1.82) is 0 Å². The first-order valence-corrected chi connectivity index (χ1v) is 7.86. The first kappa shape index (κ1) is 14.7. The number of halogens is 1. The van der Waals surface area contributed by atoms with E-state index in [1.807, 2.05) is 54.7 Å². The van der Waals surface area contributed by atoms with Gasteiger partial charge >= 0.3 is 6.03 Å². The van der Waals surface area contributed by atoms with Crippen LogP contribution in [-0.4, -0.2) is 17.6 Å². The maximum absolute atomic E-state index is 11.9. The zero-order valence-corrected chi connectivity index (χ0v) is 13.5. The van der Waals surface area contributed by atoms with Crippen LogP contribution in [0.2, 0.25) is 0 Å². The van der Waals surface area contributed by atoms with E-state index in [1.54, 1.807) is 0 Å². The molecule has 0 aliphatic heterocycles. The highest BCUT2D eigenvalue weighted by Crippen LogP contribution is 2.17. The predicted molar refractivity (Wildman–Crippen MR) is 93.2 cm³/mol. The van der Waals surface area contributed by atoms with Gasteiger partial charge in [0.1, 0.15) is 0 Å². The largest absolute Gasteiger partial charge is 0.361 e. The second-order valence-corrected chi connectivity index (χ2v) is 5.95. The maximum Gasteiger partial charge on any atom is 0.319 e. The third-order valence-electron chi connectivity index (χ3n) is 3.43. The Labute approximate surface area is 137 Å². The molecule has 1 heterocycles. The van der Waals surface area contributed by atoms with Crippen molar-refractivity contribution in [2.24, 2.45) is 0 Å². The van der Waals surface area contributed by atoms with Gasteiger partial charge < -0.3 is 15.6 Å². The van der Waals surface area contributed by atoms with E-state index >= 15 is 0 Å². The molecule has 0 unspecified atom stereocenters. The molecule has 22 heavy (non-hydrogen) atoms. The highest BCUT2D eigenvalue weighted by Gasteiger charge is 2.03. The van der Waals surface area contributed by atoms with Gasteiger partial charge in [0, 0.05) is 28.4 Å². The molecule has 1 aromatic heterocycles. The van der Waals surface area contributed by atoms with Crippen LogP contribution in [0.25, 0.3) is 10.9 Å². The number of carbonyl (C=O) groups excluding carboxylic acids is 1. The van der Waals surface area contributed by atoms with E-state index in [9.17, 15) is 4.79 Å². The van der Waals surface area contributed by atoms with Crippen LogP contribution in [0.4, 0.5) is 10.5 Å². The number of H-pyrrole nitrogens is 1. The third-order valence-corrected chi connectivity index (χ3v) is 3.95. The van der Waals surface area contributed by atoms with Crippen LogP contribution >= 0.6 is 15.9 Å². The number of hydrogen-bond donors (Lipinski definition) is 3. The smallest absolute Gasteiger partial charge is 0.319 e. The molecule has 3 rings (SSSR count). The fourth-order valence-corrected chi connectivity index (χ4v) is 2.54. The van der Waals surface area contributed by atoms with Gasteiger partial charge in [-0.25, -0.2) is 4.79 Å². The summed E-state index contributed by atoms with van der Waals surface area (Å²) in [7, 11) is 0. The fraction of sp³-hybridized carbons (Fsp3) is 0.118. The molecule has 2 amide bonds. The number of benzene rings is 2. The van der Waals surface area contributed by atoms with Crippen molar-refractivity contribution in [3.05, 3.63) is 64.8 Å². The summed E-state index contributed by atoms with van der Waals surface area (Å²) in [5, 5.41) is 6.83. The average Bonchev–Trinajstić information content (AvgIpc) is 2.97. The van der Waals surface area contributed by atoms with Crippen molar-refractivity contribution in [2.45, 2.75) is 6.42 Å². The molecular formula is C17H16BrN3O. The Morgan fingerprint density at radius 1 is 1.09 bits per heavy atom. The van der Waals surface area contributed by atoms with Crippen molar-refractivity contribution in [3.8, 4) is 0 Å². The summed E-state index contributed by atoms with van der Waals surface area (Å²) in [5.41, 5.74) is 2.97. The van der Waals surface area contributed by atoms with E-state index in [0.717, 1.165) is 27.5 Å². The molecule has 0 bridgehead atoms. The summed E-state index contributed by atoms with van der Waals surface area (Å²) < 4.78 is 1.06. The van der Waals surface area contributed by atoms with Crippen molar-refractivity contribution in [2.75, 3.05) is 11.9 Å². The Hall–Kier alpha value is -2.27. The third kappa shape index (κ3) is 3.68. The Bertz CT molecular complexity index is 780. The van der Waals surface area contributed by atoms with Gasteiger partial charge in [-0.05, 0) is 47.7 Å². The van der Waals surface area contributed by atoms with Crippen molar-refractivity contribution in [1.82, 2.24) is 10.3 Å². The Morgan fingerprint density at radius 2 is 1.91 bits per heavy atom. The molecule has 0 aliphatic rings. The molecule has 0 atom stereocenters.